The van der Waals surface area contributed by atoms with Crippen molar-refractivity contribution in [2.24, 2.45) is 0 Å². The smallest absolute Gasteiger partial charge is 0.252 e. The van der Waals surface area contributed by atoms with Crippen LogP contribution in [0.15, 0.2) is 35.0 Å². The van der Waals surface area contributed by atoms with E-state index < -0.39 is 6.10 Å². The van der Waals surface area contributed by atoms with Crippen LogP contribution in [0.5, 0.6) is 0 Å². The Bertz CT molecular complexity index is 486. The Hall–Kier alpha value is -1.17. The number of unbranched alkanes of at least 4 members (excludes halogenated alkanes) is 1. The standard InChI is InChI=1S/C16H21NO2S2/c1-2-3-8-15(18)16(19)17(11-13-6-4-9-20-13)12-14-7-5-10-21-14/h4-7,9-10,15,18H,2-3,8,11-12H2,1H3/t15-/m0/s1. The Balaban J connectivity index is 2.04. The van der Waals surface area contributed by atoms with Crippen molar-refractivity contribution in [3.63, 3.8) is 0 Å². The minimum absolute atomic E-state index is 0.162. The first-order valence-corrected chi connectivity index (χ1v) is 8.98. The molecule has 0 spiro atoms. The fourth-order valence-electron chi connectivity index (χ4n) is 2.12. The first-order chi connectivity index (χ1) is 10.2. The number of aliphatic hydroxyl groups is 1. The molecule has 0 aliphatic heterocycles. The number of rotatable bonds is 8. The second-order valence-corrected chi connectivity index (χ2v) is 7.08. The zero-order valence-electron chi connectivity index (χ0n) is 12.2. The first kappa shape index (κ1) is 16.2. The van der Waals surface area contributed by atoms with Crippen LogP contribution in [0.25, 0.3) is 0 Å². The number of carbonyl (C=O) groups is 1. The van der Waals surface area contributed by atoms with Crippen molar-refractivity contribution in [1.29, 1.82) is 0 Å². The lowest BCUT2D eigenvalue weighted by Crippen LogP contribution is -2.38. The van der Waals surface area contributed by atoms with Crippen LogP contribution < -0.4 is 0 Å². The Labute approximate surface area is 133 Å². The predicted octanol–water partition coefficient (Wildman–Crippen LogP) is 3.89. The molecule has 114 valence electrons. The van der Waals surface area contributed by atoms with Gasteiger partial charge in [0.15, 0.2) is 0 Å². The van der Waals surface area contributed by atoms with Crippen molar-refractivity contribution in [3.8, 4) is 0 Å². The average Bonchev–Trinajstić information content (AvgIpc) is 3.16. The van der Waals surface area contributed by atoms with Gasteiger partial charge >= 0.3 is 0 Å². The van der Waals surface area contributed by atoms with Crippen molar-refractivity contribution in [2.45, 2.75) is 45.4 Å². The molecule has 2 heterocycles. The predicted molar refractivity (Wildman–Crippen MR) is 88.4 cm³/mol. The maximum atomic E-state index is 12.5. The Morgan fingerprint density at radius 1 is 1.19 bits per heavy atom. The van der Waals surface area contributed by atoms with Crippen LogP contribution in [0.4, 0.5) is 0 Å². The molecule has 0 aliphatic carbocycles. The van der Waals surface area contributed by atoms with Gasteiger partial charge in [0.25, 0.3) is 5.91 Å². The molecule has 0 unspecified atom stereocenters. The van der Waals surface area contributed by atoms with E-state index in [4.69, 9.17) is 0 Å². The monoisotopic (exact) mass is 323 g/mol. The fraction of sp³-hybridized carbons (Fsp3) is 0.438. The second-order valence-electron chi connectivity index (χ2n) is 5.01. The van der Waals surface area contributed by atoms with Gasteiger partial charge in [0, 0.05) is 9.75 Å². The normalized spacial score (nSPS) is 12.3. The van der Waals surface area contributed by atoms with E-state index in [1.54, 1.807) is 27.6 Å². The SMILES string of the molecule is CCCC[C@H](O)C(=O)N(Cc1cccs1)Cc1cccs1. The van der Waals surface area contributed by atoms with Crippen LogP contribution in [-0.4, -0.2) is 22.0 Å². The van der Waals surface area contributed by atoms with Gasteiger partial charge in [-0.05, 0) is 29.3 Å². The Morgan fingerprint density at radius 2 is 1.76 bits per heavy atom. The molecule has 0 saturated carbocycles. The van der Waals surface area contributed by atoms with Gasteiger partial charge in [-0.2, -0.15) is 0 Å². The van der Waals surface area contributed by atoms with Crippen molar-refractivity contribution in [2.75, 3.05) is 0 Å². The van der Waals surface area contributed by atoms with Gasteiger partial charge in [-0.15, -0.1) is 22.7 Å². The fourth-order valence-corrected chi connectivity index (χ4v) is 3.56. The van der Waals surface area contributed by atoms with E-state index >= 15 is 0 Å². The lowest BCUT2D eigenvalue weighted by Gasteiger charge is -2.24. The topological polar surface area (TPSA) is 40.5 Å². The molecule has 1 amide bonds. The molecule has 21 heavy (non-hydrogen) atoms. The zero-order valence-corrected chi connectivity index (χ0v) is 13.8. The highest BCUT2D eigenvalue weighted by molar-refractivity contribution is 7.10. The van der Waals surface area contributed by atoms with Crippen molar-refractivity contribution >= 4 is 28.6 Å². The summed E-state index contributed by atoms with van der Waals surface area (Å²) < 4.78 is 0. The molecule has 0 aromatic carbocycles. The molecular weight excluding hydrogens is 302 g/mol. The second kappa shape index (κ2) is 8.32. The highest BCUT2D eigenvalue weighted by Crippen LogP contribution is 2.19. The lowest BCUT2D eigenvalue weighted by molar-refractivity contribution is -0.141. The number of thiophene rings is 2. The van der Waals surface area contributed by atoms with Crippen molar-refractivity contribution in [1.82, 2.24) is 4.90 Å². The highest BCUT2D eigenvalue weighted by Gasteiger charge is 2.22. The summed E-state index contributed by atoms with van der Waals surface area (Å²) in [5.41, 5.74) is 0. The van der Waals surface area contributed by atoms with E-state index in [1.165, 1.54) is 0 Å². The molecule has 0 bridgehead atoms. The summed E-state index contributed by atoms with van der Waals surface area (Å²) in [5, 5.41) is 14.1. The number of carbonyl (C=O) groups excluding carboxylic acids is 1. The van der Waals surface area contributed by atoms with Gasteiger partial charge < -0.3 is 10.0 Å². The van der Waals surface area contributed by atoms with Gasteiger partial charge in [-0.25, -0.2) is 0 Å². The van der Waals surface area contributed by atoms with Crippen LogP contribution in [0.1, 0.15) is 35.9 Å². The average molecular weight is 323 g/mol. The molecular formula is C16H21NO2S2. The summed E-state index contributed by atoms with van der Waals surface area (Å²) in [4.78, 5) is 16.5. The molecule has 2 aromatic heterocycles. The van der Waals surface area contributed by atoms with Crippen molar-refractivity contribution in [3.05, 3.63) is 44.8 Å². The third kappa shape index (κ3) is 4.95. The van der Waals surface area contributed by atoms with Crippen LogP contribution in [0.2, 0.25) is 0 Å². The quantitative estimate of drug-likeness (QED) is 0.800. The summed E-state index contributed by atoms with van der Waals surface area (Å²) in [5.74, 6) is -0.162. The van der Waals surface area contributed by atoms with E-state index in [-0.39, 0.29) is 5.91 Å². The molecule has 0 aliphatic rings. The molecule has 0 radical (unpaired) electrons. The van der Waals surface area contributed by atoms with E-state index in [0.717, 1.165) is 22.6 Å². The molecule has 0 fully saturated rings. The minimum Gasteiger partial charge on any atom is -0.383 e. The molecule has 1 N–H and O–H groups in total. The third-order valence-corrected chi connectivity index (χ3v) is 5.00. The first-order valence-electron chi connectivity index (χ1n) is 7.22. The molecule has 1 atom stereocenters. The van der Waals surface area contributed by atoms with Crippen LogP contribution in [0, 0.1) is 0 Å². The van der Waals surface area contributed by atoms with Crippen LogP contribution in [0.3, 0.4) is 0 Å². The third-order valence-electron chi connectivity index (χ3n) is 3.28. The number of amides is 1. The van der Waals surface area contributed by atoms with Gasteiger partial charge in [0.2, 0.25) is 0 Å². The zero-order chi connectivity index (χ0) is 15.1. The van der Waals surface area contributed by atoms with Crippen molar-refractivity contribution < 1.29 is 9.90 Å². The summed E-state index contributed by atoms with van der Waals surface area (Å²) >= 11 is 3.28. The maximum absolute atomic E-state index is 12.5. The van der Waals surface area contributed by atoms with Crippen LogP contribution >= 0.6 is 22.7 Å². The van der Waals surface area contributed by atoms with Crippen LogP contribution in [-0.2, 0) is 17.9 Å². The Kier molecular flexibility index (Phi) is 6.42. The van der Waals surface area contributed by atoms with E-state index in [9.17, 15) is 9.90 Å². The summed E-state index contributed by atoms with van der Waals surface area (Å²) in [6, 6.07) is 8.03. The molecule has 0 saturated heterocycles. The van der Waals surface area contributed by atoms with E-state index in [2.05, 4.69) is 6.92 Å². The highest BCUT2D eigenvalue weighted by atomic mass is 32.1. The molecule has 3 nitrogen and oxygen atoms in total. The van der Waals surface area contributed by atoms with Gasteiger partial charge in [0.1, 0.15) is 6.10 Å². The minimum atomic E-state index is -0.884. The van der Waals surface area contributed by atoms with Gasteiger partial charge in [-0.3, -0.25) is 4.79 Å². The van der Waals surface area contributed by atoms with Gasteiger partial charge in [0.05, 0.1) is 13.1 Å². The molecule has 2 rings (SSSR count). The largest absolute Gasteiger partial charge is 0.383 e. The molecule has 2 aromatic rings. The van der Waals surface area contributed by atoms with E-state index in [1.807, 2.05) is 35.0 Å². The number of hydrogen-bond acceptors (Lipinski definition) is 4. The molecule has 5 heteroatoms. The Morgan fingerprint density at radius 3 is 2.19 bits per heavy atom. The number of nitrogens with zero attached hydrogens (tertiary/aromatic N) is 1. The summed E-state index contributed by atoms with van der Waals surface area (Å²) in [6.45, 7) is 3.20. The number of hydrogen-bond donors (Lipinski definition) is 1. The van der Waals surface area contributed by atoms with E-state index in [0.29, 0.717) is 19.5 Å². The van der Waals surface area contributed by atoms with Gasteiger partial charge in [-0.1, -0.05) is 31.9 Å². The maximum Gasteiger partial charge on any atom is 0.252 e. The summed E-state index contributed by atoms with van der Waals surface area (Å²) in [7, 11) is 0. The summed E-state index contributed by atoms with van der Waals surface area (Å²) in [6.07, 6.45) is 1.52. The number of aliphatic hydroxyl groups excluding tert-OH is 1. The lowest BCUT2D eigenvalue weighted by atomic mass is 10.1.